The van der Waals surface area contributed by atoms with Crippen molar-refractivity contribution in [2.75, 3.05) is 13.2 Å². The standard InChI is InChI=1S/C16H16O4/c17-13-3-1-2-11(8-13)9-14(18)12-4-5-15-16(10-12)20-7-6-19-15/h1-5,8,10,14,17-18H,6-7,9H2. The van der Waals surface area contributed by atoms with Gasteiger partial charge in [0.1, 0.15) is 19.0 Å². The van der Waals surface area contributed by atoms with Crippen molar-refractivity contribution in [3.63, 3.8) is 0 Å². The molecule has 20 heavy (non-hydrogen) atoms. The van der Waals surface area contributed by atoms with Crippen LogP contribution < -0.4 is 9.47 Å². The molecular formula is C16H16O4. The molecule has 2 aromatic carbocycles. The Morgan fingerprint density at radius 1 is 1.00 bits per heavy atom. The maximum Gasteiger partial charge on any atom is 0.161 e. The highest BCUT2D eigenvalue weighted by Gasteiger charge is 2.15. The molecule has 0 aliphatic carbocycles. The smallest absolute Gasteiger partial charge is 0.161 e. The first-order valence-corrected chi connectivity index (χ1v) is 6.58. The molecule has 0 fully saturated rings. The first kappa shape index (κ1) is 12.8. The number of ether oxygens (including phenoxy) is 2. The number of phenols is 1. The molecule has 2 N–H and O–H groups in total. The van der Waals surface area contributed by atoms with Crippen molar-refractivity contribution in [1.82, 2.24) is 0 Å². The lowest BCUT2D eigenvalue weighted by molar-refractivity contribution is 0.164. The molecule has 0 radical (unpaired) electrons. The molecule has 1 heterocycles. The van der Waals surface area contributed by atoms with Gasteiger partial charge in [-0.3, -0.25) is 0 Å². The number of phenolic OH excluding ortho intramolecular Hbond substituents is 1. The van der Waals surface area contributed by atoms with Gasteiger partial charge >= 0.3 is 0 Å². The summed E-state index contributed by atoms with van der Waals surface area (Å²) in [6.45, 7) is 1.08. The normalized spacial score (nSPS) is 14.8. The Labute approximate surface area is 117 Å². The lowest BCUT2D eigenvalue weighted by Gasteiger charge is -2.20. The third-order valence-electron chi connectivity index (χ3n) is 3.29. The second-order valence-corrected chi connectivity index (χ2v) is 4.79. The van der Waals surface area contributed by atoms with E-state index < -0.39 is 6.10 Å². The van der Waals surface area contributed by atoms with Gasteiger partial charge in [0.15, 0.2) is 11.5 Å². The second-order valence-electron chi connectivity index (χ2n) is 4.79. The van der Waals surface area contributed by atoms with Gasteiger partial charge in [0.05, 0.1) is 6.10 Å². The largest absolute Gasteiger partial charge is 0.508 e. The van der Waals surface area contributed by atoms with E-state index in [0.29, 0.717) is 31.1 Å². The van der Waals surface area contributed by atoms with Crippen LogP contribution in [0.3, 0.4) is 0 Å². The van der Waals surface area contributed by atoms with Gasteiger partial charge in [-0.15, -0.1) is 0 Å². The minimum absolute atomic E-state index is 0.205. The summed E-state index contributed by atoms with van der Waals surface area (Å²) < 4.78 is 11.0. The number of rotatable bonds is 3. The number of aromatic hydroxyl groups is 1. The number of aliphatic hydroxyl groups excluding tert-OH is 1. The van der Waals surface area contributed by atoms with Crippen molar-refractivity contribution in [1.29, 1.82) is 0 Å². The summed E-state index contributed by atoms with van der Waals surface area (Å²) in [6.07, 6.45) is -0.207. The van der Waals surface area contributed by atoms with E-state index in [0.717, 1.165) is 11.1 Å². The quantitative estimate of drug-likeness (QED) is 0.901. The van der Waals surface area contributed by atoms with E-state index in [1.165, 1.54) is 0 Å². The first-order valence-electron chi connectivity index (χ1n) is 6.58. The molecule has 1 unspecified atom stereocenters. The zero-order chi connectivity index (χ0) is 13.9. The van der Waals surface area contributed by atoms with Crippen molar-refractivity contribution in [3.8, 4) is 17.2 Å². The summed E-state index contributed by atoms with van der Waals surface area (Å²) in [5.74, 6) is 1.59. The molecule has 4 nitrogen and oxygen atoms in total. The average Bonchev–Trinajstić information content (AvgIpc) is 2.47. The van der Waals surface area contributed by atoms with Crippen molar-refractivity contribution in [3.05, 3.63) is 53.6 Å². The Morgan fingerprint density at radius 3 is 2.60 bits per heavy atom. The fraction of sp³-hybridized carbons (Fsp3) is 0.250. The summed E-state index contributed by atoms with van der Waals surface area (Å²) in [5, 5.41) is 19.7. The highest BCUT2D eigenvalue weighted by Crippen LogP contribution is 2.33. The predicted octanol–water partition coefficient (Wildman–Crippen LogP) is 2.44. The van der Waals surface area contributed by atoms with Gasteiger partial charge in [-0.05, 0) is 35.4 Å². The van der Waals surface area contributed by atoms with E-state index in [1.807, 2.05) is 24.3 Å². The van der Waals surface area contributed by atoms with Gasteiger partial charge in [0.25, 0.3) is 0 Å². The van der Waals surface area contributed by atoms with Crippen LogP contribution in [-0.4, -0.2) is 23.4 Å². The first-order chi connectivity index (χ1) is 9.72. The number of benzene rings is 2. The van der Waals surface area contributed by atoms with Crippen LogP contribution in [0.1, 0.15) is 17.2 Å². The fourth-order valence-corrected chi connectivity index (χ4v) is 2.29. The van der Waals surface area contributed by atoms with E-state index >= 15 is 0 Å². The van der Waals surface area contributed by atoms with Crippen LogP contribution >= 0.6 is 0 Å². The van der Waals surface area contributed by atoms with Crippen LogP contribution in [0, 0.1) is 0 Å². The summed E-state index contributed by atoms with van der Waals surface area (Å²) in [6, 6.07) is 12.4. The molecule has 0 spiro atoms. The SMILES string of the molecule is Oc1cccc(CC(O)c2ccc3c(c2)OCCO3)c1. The van der Waals surface area contributed by atoms with Crippen LogP contribution in [0.4, 0.5) is 0 Å². The third kappa shape index (κ3) is 2.70. The van der Waals surface area contributed by atoms with Crippen LogP contribution in [0.2, 0.25) is 0 Å². The molecule has 1 aliphatic rings. The molecule has 3 rings (SSSR count). The zero-order valence-corrected chi connectivity index (χ0v) is 11.0. The Balaban J connectivity index is 1.78. The minimum atomic E-state index is -0.646. The Kier molecular flexibility index (Phi) is 3.48. The molecule has 1 atom stereocenters. The van der Waals surface area contributed by atoms with Crippen LogP contribution in [0.5, 0.6) is 17.2 Å². The van der Waals surface area contributed by atoms with E-state index in [1.54, 1.807) is 18.2 Å². The number of aliphatic hydroxyl groups is 1. The van der Waals surface area contributed by atoms with E-state index in [9.17, 15) is 10.2 Å². The monoisotopic (exact) mass is 272 g/mol. The van der Waals surface area contributed by atoms with Crippen molar-refractivity contribution in [2.24, 2.45) is 0 Å². The maximum absolute atomic E-state index is 10.3. The van der Waals surface area contributed by atoms with Crippen molar-refractivity contribution in [2.45, 2.75) is 12.5 Å². The zero-order valence-electron chi connectivity index (χ0n) is 11.0. The summed E-state index contributed by atoms with van der Waals surface area (Å²) >= 11 is 0. The predicted molar refractivity (Wildman–Crippen MR) is 74.2 cm³/mol. The Morgan fingerprint density at radius 2 is 1.80 bits per heavy atom. The number of hydrogen-bond donors (Lipinski definition) is 2. The molecule has 0 saturated carbocycles. The van der Waals surface area contributed by atoms with E-state index in [-0.39, 0.29) is 5.75 Å². The minimum Gasteiger partial charge on any atom is -0.508 e. The third-order valence-corrected chi connectivity index (χ3v) is 3.29. The van der Waals surface area contributed by atoms with Crippen molar-refractivity contribution >= 4 is 0 Å². The Hall–Kier alpha value is -2.20. The van der Waals surface area contributed by atoms with Crippen LogP contribution in [0.15, 0.2) is 42.5 Å². The summed E-state index contributed by atoms with van der Waals surface area (Å²) in [5.41, 5.74) is 1.66. The van der Waals surface area contributed by atoms with Gasteiger partial charge in [-0.1, -0.05) is 18.2 Å². The molecule has 0 bridgehead atoms. The van der Waals surface area contributed by atoms with E-state index in [2.05, 4.69) is 0 Å². The Bertz CT molecular complexity index is 609. The number of fused-ring (bicyclic) bond motifs is 1. The van der Waals surface area contributed by atoms with E-state index in [4.69, 9.17) is 9.47 Å². The van der Waals surface area contributed by atoms with Gasteiger partial charge in [-0.2, -0.15) is 0 Å². The van der Waals surface area contributed by atoms with Gasteiger partial charge in [-0.25, -0.2) is 0 Å². The molecule has 4 heteroatoms. The summed E-state index contributed by atoms with van der Waals surface area (Å²) in [4.78, 5) is 0. The van der Waals surface area contributed by atoms with Gasteiger partial charge < -0.3 is 19.7 Å². The second kappa shape index (κ2) is 5.43. The molecular weight excluding hydrogens is 256 g/mol. The van der Waals surface area contributed by atoms with Crippen molar-refractivity contribution < 1.29 is 19.7 Å². The van der Waals surface area contributed by atoms with Crippen LogP contribution in [-0.2, 0) is 6.42 Å². The molecule has 0 saturated heterocycles. The highest BCUT2D eigenvalue weighted by atomic mass is 16.6. The average molecular weight is 272 g/mol. The topological polar surface area (TPSA) is 58.9 Å². The summed E-state index contributed by atoms with van der Waals surface area (Å²) in [7, 11) is 0. The molecule has 2 aromatic rings. The lowest BCUT2D eigenvalue weighted by Crippen LogP contribution is -2.15. The number of hydrogen-bond acceptors (Lipinski definition) is 4. The molecule has 0 amide bonds. The molecule has 104 valence electrons. The van der Waals surface area contributed by atoms with Gasteiger partial charge in [0, 0.05) is 6.42 Å². The van der Waals surface area contributed by atoms with Gasteiger partial charge in [0.2, 0.25) is 0 Å². The molecule has 1 aliphatic heterocycles. The molecule has 0 aromatic heterocycles. The maximum atomic E-state index is 10.3. The van der Waals surface area contributed by atoms with Crippen LogP contribution in [0.25, 0.3) is 0 Å². The highest BCUT2D eigenvalue weighted by molar-refractivity contribution is 5.44. The lowest BCUT2D eigenvalue weighted by atomic mass is 10.0. The fourth-order valence-electron chi connectivity index (χ4n) is 2.29.